The van der Waals surface area contributed by atoms with Gasteiger partial charge in [0.2, 0.25) is 0 Å². The van der Waals surface area contributed by atoms with Crippen molar-refractivity contribution in [1.29, 1.82) is 0 Å². The molecule has 3 aromatic carbocycles. The second-order valence-electron chi connectivity index (χ2n) is 15.0. The first-order valence-corrected chi connectivity index (χ1v) is 17.6. The first-order valence-electron chi connectivity index (χ1n) is 17.6. The molecule has 44 heavy (non-hydrogen) atoms. The van der Waals surface area contributed by atoms with Crippen molar-refractivity contribution in [3.05, 3.63) is 99.1 Å². The third-order valence-electron chi connectivity index (χ3n) is 11.9. The summed E-state index contributed by atoms with van der Waals surface area (Å²) in [7, 11) is 0. The average Bonchev–Trinajstić information content (AvgIpc) is 3.00. The van der Waals surface area contributed by atoms with E-state index in [1.807, 2.05) is 6.92 Å². The molecule has 234 valence electrons. The molecular weight excluding hydrogens is 536 g/mol. The lowest BCUT2D eigenvalue weighted by Crippen LogP contribution is -2.48. The van der Waals surface area contributed by atoms with Crippen LogP contribution in [0.4, 0.5) is 0 Å². The number of phenolic OH excluding ortho intramolecular Hbond substituents is 2. The van der Waals surface area contributed by atoms with Crippen LogP contribution in [-0.4, -0.2) is 10.2 Å². The van der Waals surface area contributed by atoms with Crippen LogP contribution in [-0.2, 0) is 24.7 Å². The van der Waals surface area contributed by atoms with Gasteiger partial charge in [0.1, 0.15) is 11.5 Å². The van der Waals surface area contributed by atoms with Gasteiger partial charge in [-0.2, -0.15) is 0 Å². The topological polar surface area (TPSA) is 40.5 Å². The number of hydrogen-bond donors (Lipinski definition) is 2. The van der Waals surface area contributed by atoms with Crippen LogP contribution in [0.1, 0.15) is 123 Å². The summed E-state index contributed by atoms with van der Waals surface area (Å²) >= 11 is 0. The van der Waals surface area contributed by atoms with Crippen molar-refractivity contribution in [1.82, 2.24) is 0 Å². The Morgan fingerprint density at radius 3 is 2.20 bits per heavy atom. The Bertz CT molecular complexity index is 1480. The highest BCUT2D eigenvalue weighted by Crippen LogP contribution is 2.62. The van der Waals surface area contributed by atoms with Crippen LogP contribution in [0.15, 0.2) is 54.6 Å². The normalized spacial score (nSPS) is 25.5. The molecule has 2 heteroatoms. The summed E-state index contributed by atoms with van der Waals surface area (Å²) in [6.07, 6.45) is 17.3. The van der Waals surface area contributed by atoms with Gasteiger partial charge in [0, 0.05) is 11.1 Å². The van der Waals surface area contributed by atoms with E-state index in [-0.39, 0.29) is 5.41 Å². The summed E-state index contributed by atoms with van der Waals surface area (Å²) < 4.78 is 0. The average molecular weight is 591 g/mol. The Balaban J connectivity index is 1.19. The minimum atomic E-state index is 0.209. The van der Waals surface area contributed by atoms with E-state index >= 15 is 0 Å². The third-order valence-corrected chi connectivity index (χ3v) is 11.9. The number of aryl methyl sites for hydroxylation is 4. The fourth-order valence-electron chi connectivity index (χ4n) is 9.94. The van der Waals surface area contributed by atoms with E-state index in [4.69, 9.17) is 0 Å². The summed E-state index contributed by atoms with van der Waals surface area (Å²) in [5.74, 6) is 4.48. The van der Waals surface area contributed by atoms with Crippen LogP contribution in [0.2, 0.25) is 0 Å². The zero-order valence-corrected chi connectivity index (χ0v) is 27.8. The van der Waals surface area contributed by atoms with Gasteiger partial charge in [-0.3, -0.25) is 0 Å². The number of rotatable bonds is 11. The van der Waals surface area contributed by atoms with Crippen molar-refractivity contribution in [2.24, 2.45) is 23.7 Å². The maximum absolute atomic E-state index is 11.9. The Labute approximate surface area is 266 Å². The molecule has 4 aliphatic rings. The molecule has 4 bridgehead atoms. The molecule has 0 radical (unpaired) electrons. The Hall–Kier alpha value is -3.00. The fourth-order valence-corrected chi connectivity index (χ4v) is 9.94. The molecule has 0 aliphatic heterocycles. The summed E-state index contributed by atoms with van der Waals surface area (Å²) in [6.45, 7) is 11.1. The minimum absolute atomic E-state index is 0.209. The molecule has 2 N–H and O–H groups in total. The van der Waals surface area contributed by atoms with Crippen LogP contribution in [0.25, 0.3) is 6.08 Å². The molecule has 2 atom stereocenters. The number of hydrogen-bond acceptors (Lipinski definition) is 2. The van der Waals surface area contributed by atoms with Gasteiger partial charge in [-0.15, -0.1) is 0 Å². The van der Waals surface area contributed by atoms with Crippen molar-refractivity contribution in [2.45, 2.75) is 117 Å². The highest BCUT2D eigenvalue weighted by atomic mass is 16.3. The zero-order valence-electron chi connectivity index (χ0n) is 27.8. The largest absolute Gasteiger partial charge is 0.507 e. The molecule has 0 saturated heterocycles. The molecule has 4 saturated carbocycles. The SMILES string of the molecule is CCc1cc(C)c(O)c(C=CCCc2ccccc2C(C)C(CC)Cc2cc(C)cc(C34CC5CC(CC(C5)C3)C4)c2O)c1. The zero-order chi connectivity index (χ0) is 31.0. The second kappa shape index (κ2) is 12.8. The van der Waals surface area contributed by atoms with Gasteiger partial charge in [-0.05, 0) is 147 Å². The van der Waals surface area contributed by atoms with Crippen molar-refractivity contribution in [3.8, 4) is 11.5 Å². The molecule has 0 heterocycles. The smallest absolute Gasteiger partial charge is 0.125 e. The summed E-state index contributed by atoms with van der Waals surface area (Å²) in [5, 5.41) is 22.5. The monoisotopic (exact) mass is 590 g/mol. The van der Waals surface area contributed by atoms with Crippen LogP contribution in [0, 0.1) is 37.5 Å². The third kappa shape index (κ3) is 6.11. The first-order chi connectivity index (χ1) is 21.2. The maximum Gasteiger partial charge on any atom is 0.125 e. The van der Waals surface area contributed by atoms with Crippen LogP contribution in [0.3, 0.4) is 0 Å². The number of allylic oxidation sites excluding steroid dienone is 1. The van der Waals surface area contributed by atoms with Crippen molar-refractivity contribution >= 4 is 6.08 Å². The van der Waals surface area contributed by atoms with E-state index < -0.39 is 0 Å². The standard InChI is InChI=1S/C42H54O2/c1-6-30-18-28(4)40(43)36(22-30)14-9-8-12-35-13-10-11-15-38(35)29(5)34(7-2)23-37-16-27(3)17-39(41(37)44)42-24-31-19-32(25-42)21-33(20-31)26-42/h9-11,13-18,22,29,31-34,43-44H,6-8,12,19-21,23-26H2,1-5H3. The molecule has 2 unspecified atom stereocenters. The second-order valence-corrected chi connectivity index (χ2v) is 15.0. The first kappa shape index (κ1) is 31.0. The van der Waals surface area contributed by atoms with E-state index in [1.165, 1.54) is 71.9 Å². The Morgan fingerprint density at radius 1 is 0.864 bits per heavy atom. The van der Waals surface area contributed by atoms with Crippen molar-refractivity contribution < 1.29 is 10.2 Å². The number of phenols is 2. The van der Waals surface area contributed by atoms with Crippen LogP contribution in [0.5, 0.6) is 11.5 Å². The molecular formula is C42H54O2. The number of benzene rings is 3. The van der Waals surface area contributed by atoms with Gasteiger partial charge in [0.05, 0.1) is 0 Å². The van der Waals surface area contributed by atoms with Crippen LogP contribution < -0.4 is 0 Å². The molecule has 2 nitrogen and oxygen atoms in total. The summed E-state index contributed by atoms with van der Waals surface area (Å²) in [5.41, 5.74) is 9.94. The fraction of sp³-hybridized carbons (Fsp3) is 0.524. The van der Waals surface area contributed by atoms with Crippen molar-refractivity contribution in [2.75, 3.05) is 0 Å². The predicted molar refractivity (Wildman–Crippen MR) is 185 cm³/mol. The number of aromatic hydroxyl groups is 2. The molecule has 0 spiro atoms. The Morgan fingerprint density at radius 2 is 1.55 bits per heavy atom. The Kier molecular flexibility index (Phi) is 9.00. The highest BCUT2D eigenvalue weighted by molar-refractivity contribution is 5.60. The van der Waals surface area contributed by atoms with E-state index in [1.54, 1.807) is 0 Å². The maximum atomic E-state index is 11.9. The van der Waals surface area contributed by atoms with E-state index in [0.29, 0.717) is 23.3 Å². The van der Waals surface area contributed by atoms with Gasteiger partial charge in [0.25, 0.3) is 0 Å². The van der Waals surface area contributed by atoms with E-state index in [0.717, 1.165) is 61.0 Å². The molecule has 7 rings (SSSR count). The predicted octanol–water partition coefficient (Wildman–Crippen LogP) is 10.8. The van der Waals surface area contributed by atoms with Gasteiger partial charge in [0.15, 0.2) is 0 Å². The summed E-state index contributed by atoms with van der Waals surface area (Å²) in [6, 6.07) is 17.8. The molecule has 3 aromatic rings. The van der Waals surface area contributed by atoms with E-state index in [9.17, 15) is 10.2 Å². The van der Waals surface area contributed by atoms with Gasteiger partial charge in [-0.25, -0.2) is 0 Å². The van der Waals surface area contributed by atoms with Crippen LogP contribution >= 0.6 is 0 Å². The molecule has 4 fully saturated rings. The van der Waals surface area contributed by atoms with Gasteiger partial charge < -0.3 is 10.2 Å². The molecule has 4 aliphatic carbocycles. The minimum Gasteiger partial charge on any atom is -0.507 e. The summed E-state index contributed by atoms with van der Waals surface area (Å²) in [4.78, 5) is 0. The highest BCUT2D eigenvalue weighted by Gasteiger charge is 2.52. The lowest BCUT2D eigenvalue weighted by atomic mass is 9.48. The lowest BCUT2D eigenvalue weighted by Gasteiger charge is -2.57. The van der Waals surface area contributed by atoms with Crippen molar-refractivity contribution in [3.63, 3.8) is 0 Å². The lowest BCUT2D eigenvalue weighted by molar-refractivity contribution is -0.00622. The van der Waals surface area contributed by atoms with Gasteiger partial charge in [-0.1, -0.05) is 87.4 Å². The van der Waals surface area contributed by atoms with E-state index in [2.05, 4.69) is 88.4 Å². The van der Waals surface area contributed by atoms with Gasteiger partial charge >= 0.3 is 0 Å². The molecule has 0 amide bonds. The quantitative estimate of drug-likeness (QED) is 0.233. The molecule has 0 aromatic heterocycles.